The van der Waals surface area contributed by atoms with Gasteiger partial charge in [0.2, 0.25) is 5.91 Å². The van der Waals surface area contributed by atoms with Crippen molar-refractivity contribution in [1.82, 2.24) is 5.32 Å². The smallest absolute Gasteiger partial charge is 0.247 e. The molecule has 14 heavy (non-hydrogen) atoms. The Balaban J connectivity index is 2.16. The Labute approximate surface area is 82.9 Å². The molecule has 1 saturated carbocycles. The van der Waals surface area contributed by atoms with Gasteiger partial charge in [-0.1, -0.05) is 0 Å². The number of aliphatic hydroxyl groups excluding tert-OH is 1. The molecular weight excluding hydrogens is 182 g/mol. The average Bonchev–Trinajstić information content (AvgIpc) is 2.85. The van der Waals surface area contributed by atoms with Gasteiger partial charge in [0.05, 0.1) is 6.07 Å². The lowest BCUT2D eigenvalue weighted by atomic mass is 10.0. The zero-order valence-corrected chi connectivity index (χ0v) is 7.99. The van der Waals surface area contributed by atoms with Crippen LogP contribution in [0.25, 0.3) is 0 Å². The van der Waals surface area contributed by atoms with Crippen LogP contribution >= 0.6 is 0 Å². The van der Waals surface area contributed by atoms with Gasteiger partial charge in [0, 0.05) is 19.5 Å². The molecule has 5 nitrogen and oxygen atoms in total. The van der Waals surface area contributed by atoms with Crippen LogP contribution in [-0.2, 0) is 4.79 Å². The van der Waals surface area contributed by atoms with E-state index in [0.717, 1.165) is 12.8 Å². The van der Waals surface area contributed by atoms with Gasteiger partial charge in [-0.15, -0.1) is 0 Å². The molecule has 0 heterocycles. The van der Waals surface area contributed by atoms with Gasteiger partial charge in [0.25, 0.3) is 0 Å². The lowest BCUT2D eigenvalue weighted by molar-refractivity contribution is -0.125. The SMILES string of the molecule is N#CCC1(CNCC(O)C(N)=O)CC1. The zero-order chi connectivity index (χ0) is 10.6. The van der Waals surface area contributed by atoms with Crippen molar-refractivity contribution in [1.29, 1.82) is 5.26 Å². The Morgan fingerprint density at radius 1 is 1.71 bits per heavy atom. The molecule has 78 valence electrons. The number of hydrogen-bond donors (Lipinski definition) is 3. The van der Waals surface area contributed by atoms with E-state index in [0.29, 0.717) is 13.0 Å². The molecular formula is C9H15N3O2. The second-order valence-electron chi connectivity index (χ2n) is 3.88. The number of rotatable bonds is 6. The molecule has 1 aliphatic carbocycles. The molecule has 1 amide bonds. The summed E-state index contributed by atoms with van der Waals surface area (Å²) < 4.78 is 0. The van der Waals surface area contributed by atoms with Crippen LogP contribution in [-0.4, -0.2) is 30.2 Å². The Morgan fingerprint density at radius 2 is 2.36 bits per heavy atom. The molecule has 1 rings (SSSR count). The Bertz CT molecular complexity index is 255. The van der Waals surface area contributed by atoms with Crippen LogP contribution in [0.4, 0.5) is 0 Å². The molecule has 5 heteroatoms. The summed E-state index contributed by atoms with van der Waals surface area (Å²) in [4.78, 5) is 10.5. The number of hydrogen-bond acceptors (Lipinski definition) is 4. The predicted molar refractivity (Wildman–Crippen MR) is 50.0 cm³/mol. The molecule has 4 N–H and O–H groups in total. The topological polar surface area (TPSA) is 99.1 Å². The highest BCUT2D eigenvalue weighted by molar-refractivity contribution is 5.78. The number of nitrogens with zero attached hydrogens (tertiary/aromatic N) is 1. The van der Waals surface area contributed by atoms with E-state index < -0.39 is 12.0 Å². The van der Waals surface area contributed by atoms with Crippen molar-refractivity contribution in [2.24, 2.45) is 11.1 Å². The van der Waals surface area contributed by atoms with Crippen molar-refractivity contribution in [2.45, 2.75) is 25.4 Å². The van der Waals surface area contributed by atoms with Crippen LogP contribution in [0.15, 0.2) is 0 Å². The number of primary amides is 1. The fourth-order valence-corrected chi connectivity index (χ4v) is 1.34. The lowest BCUT2D eigenvalue weighted by Gasteiger charge is -2.13. The van der Waals surface area contributed by atoms with E-state index in [2.05, 4.69) is 11.4 Å². The maximum Gasteiger partial charge on any atom is 0.247 e. The van der Waals surface area contributed by atoms with E-state index in [-0.39, 0.29) is 12.0 Å². The van der Waals surface area contributed by atoms with Crippen molar-refractivity contribution in [2.75, 3.05) is 13.1 Å². The number of amides is 1. The van der Waals surface area contributed by atoms with E-state index in [9.17, 15) is 4.79 Å². The van der Waals surface area contributed by atoms with Crippen LogP contribution in [0.5, 0.6) is 0 Å². The summed E-state index contributed by atoms with van der Waals surface area (Å²) in [6, 6.07) is 2.14. The number of nitriles is 1. The van der Waals surface area contributed by atoms with E-state index in [4.69, 9.17) is 16.1 Å². The van der Waals surface area contributed by atoms with Gasteiger partial charge in [-0.3, -0.25) is 4.79 Å². The third-order valence-corrected chi connectivity index (χ3v) is 2.58. The van der Waals surface area contributed by atoms with Gasteiger partial charge in [0.15, 0.2) is 0 Å². The number of nitrogens with two attached hydrogens (primary N) is 1. The first-order valence-corrected chi connectivity index (χ1v) is 4.65. The summed E-state index contributed by atoms with van der Waals surface area (Å²) in [7, 11) is 0. The minimum absolute atomic E-state index is 0.0894. The van der Waals surface area contributed by atoms with Gasteiger partial charge >= 0.3 is 0 Å². The fourth-order valence-electron chi connectivity index (χ4n) is 1.34. The largest absolute Gasteiger partial charge is 0.382 e. The standard InChI is InChI=1S/C9H15N3O2/c10-4-3-9(1-2-9)6-12-5-7(13)8(11)14/h7,12-13H,1-3,5-6H2,(H2,11,14). The minimum atomic E-state index is -1.13. The molecule has 0 saturated heterocycles. The molecule has 0 aromatic carbocycles. The molecule has 0 radical (unpaired) electrons. The van der Waals surface area contributed by atoms with Crippen LogP contribution in [0.3, 0.4) is 0 Å². The van der Waals surface area contributed by atoms with E-state index in [1.807, 2.05) is 0 Å². The molecule has 0 bridgehead atoms. The third kappa shape index (κ3) is 2.98. The molecule has 1 unspecified atom stereocenters. The molecule has 0 aromatic heterocycles. The first-order valence-electron chi connectivity index (χ1n) is 4.65. The Hall–Kier alpha value is -1.12. The van der Waals surface area contributed by atoms with Crippen LogP contribution in [0.2, 0.25) is 0 Å². The lowest BCUT2D eigenvalue weighted by Crippen LogP contribution is -2.39. The van der Waals surface area contributed by atoms with Gasteiger partial charge < -0.3 is 16.2 Å². The fraction of sp³-hybridized carbons (Fsp3) is 0.778. The Kier molecular flexibility index (Phi) is 3.44. The van der Waals surface area contributed by atoms with Crippen LogP contribution in [0.1, 0.15) is 19.3 Å². The van der Waals surface area contributed by atoms with Crippen molar-refractivity contribution < 1.29 is 9.90 Å². The van der Waals surface area contributed by atoms with Gasteiger partial charge in [-0.05, 0) is 18.3 Å². The monoisotopic (exact) mass is 197 g/mol. The maximum atomic E-state index is 10.5. The summed E-state index contributed by atoms with van der Waals surface area (Å²) in [6.07, 6.45) is 1.49. The van der Waals surface area contributed by atoms with Crippen molar-refractivity contribution in [3.05, 3.63) is 0 Å². The quantitative estimate of drug-likeness (QED) is 0.514. The normalized spacial score (nSPS) is 19.7. The molecule has 0 aromatic rings. The summed E-state index contributed by atoms with van der Waals surface area (Å²) in [6.45, 7) is 0.841. The highest BCUT2D eigenvalue weighted by Crippen LogP contribution is 2.47. The van der Waals surface area contributed by atoms with Gasteiger partial charge in [0.1, 0.15) is 6.10 Å². The molecule has 1 atom stereocenters. The summed E-state index contributed by atoms with van der Waals surface area (Å²) in [5.74, 6) is -0.720. The molecule has 1 fully saturated rings. The van der Waals surface area contributed by atoms with Crippen molar-refractivity contribution in [3.63, 3.8) is 0 Å². The van der Waals surface area contributed by atoms with E-state index in [1.54, 1.807) is 0 Å². The number of carbonyl (C=O) groups excluding carboxylic acids is 1. The summed E-state index contributed by atoms with van der Waals surface area (Å²) >= 11 is 0. The second-order valence-corrected chi connectivity index (χ2v) is 3.88. The second kappa shape index (κ2) is 4.40. The number of nitrogens with one attached hydrogen (secondary N) is 1. The van der Waals surface area contributed by atoms with Crippen molar-refractivity contribution >= 4 is 5.91 Å². The summed E-state index contributed by atoms with van der Waals surface area (Å²) in [5, 5.41) is 20.6. The zero-order valence-electron chi connectivity index (χ0n) is 7.99. The minimum Gasteiger partial charge on any atom is -0.382 e. The first-order chi connectivity index (χ1) is 6.59. The van der Waals surface area contributed by atoms with E-state index >= 15 is 0 Å². The predicted octanol–water partition coefficient (Wildman–Crippen LogP) is -0.884. The maximum absolute atomic E-state index is 10.5. The highest BCUT2D eigenvalue weighted by Gasteiger charge is 2.41. The number of carbonyl (C=O) groups is 1. The van der Waals surface area contributed by atoms with Gasteiger partial charge in [-0.2, -0.15) is 5.26 Å². The van der Waals surface area contributed by atoms with Crippen molar-refractivity contribution in [3.8, 4) is 6.07 Å². The van der Waals surface area contributed by atoms with Crippen LogP contribution < -0.4 is 11.1 Å². The molecule has 0 aliphatic heterocycles. The molecule has 0 spiro atoms. The third-order valence-electron chi connectivity index (χ3n) is 2.58. The van der Waals surface area contributed by atoms with E-state index in [1.165, 1.54) is 0 Å². The first kappa shape index (κ1) is 11.0. The number of aliphatic hydroxyl groups is 1. The average molecular weight is 197 g/mol. The summed E-state index contributed by atoms with van der Waals surface area (Å²) in [5.41, 5.74) is 4.97. The highest BCUT2D eigenvalue weighted by atomic mass is 16.3. The van der Waals surface area contributed by atoms with Gasteiger partial charge in [-0.25, -0.2) is 0 Å². The Morgan fingerprint density at radius 3 is 2.79 bits per heavy atom. The molecule has 1 aliphatic rings. The van der Waals surface area contributed by atoms with Crippen LogP contribution in [0, 0.1) is 16.7 Å².